The quantitative estimate of drug-likeness (QED) is 0.746. The number of hydrogen-bond acceptors (Lipinski definition) is 7. The third kappa shape index (κ3) is 3.08. The number of benzene rings is 2. The Bertz CT molecular complexity index is 935. The molecular weight excluding hydrogens is 340 g/mol. The highest BCUT2D eigenvalue weighted by Crippen LogP contribution is 2.24. The highest BCUT2D eigenvalue weighted by Gasteiger charge is 2.13. The van der Waals surface area contributed by atoms with Crippen LogP contribution in [0, 0.1) is 0 Å². The predicted molar refractivity (Wildman–Crippen MR) is 104 cm³/mol. The smallest absolute Gasteiger partial charge is 0.248 e. The van der Waals surface area contributed by atoms with Crippen LogP contribution < -0.4 is 10.6 Å². The summed E-state index contributed by atoms with van der Waals surface area (Å²) in [5.41, 5.74) is 3.90. The van der Waals surface area contributed by atoms with Crippen LogP contribution in [-0.2, 0) is 0 Å². The highest BCUT2D eigenvalue weighted by molar-refractivity contribution is 6.00. The molecule has 3 heterocycles. The predicted octanol–water partition coefficient (Wildman–Crippen LogP) is 2.10. The molecule has 0 atom stereocenters. The minimum absolute atomic E-state index is 0.504. The van der Waals surface area contributed by atoms with E-state index < -0.39 is 0 Å². The summed E-state index contributed by atoms with van der Waals surface area (Å²) in [6.45, 7) is 3.44. The van der Waals surface area contributed by atoms with Gasteiger partial charge in [-0.3, -0.25) is 9.98 Å². The third-order valence-electron chi connectivity index (χ3n) is 4.58. The number of aliphatic imine (C=N–C) groups is 2. The number of nitrogens with zero attached hydrogens (tertiary/aromatic N) is 4. The van der Waals surface area contributed by atoms with E-state index in [0.717, 1.165) is 60.1 Å². The van der Waals surface area contributed by atoms with Crippen LogP contribution in [0.1, 0.15) is 11.1 Å². The molecule has 7 heteroatoms. The van der Waals surface area contributed by atoms with Crippen molar-refractivity contribution in [3.8, 4) is 22.9 Å². The molecule has 7 nitrogen and oxygen atoms in total. The lowest BCUT2D eigenvalue weighted by molar-refractivity contribution is 0.584. The Balaban J connectivity index is 1.36. The Morgan fingerprint density at radius 2 is 1.00 bits per heavy atom. The van der Waals surface area contributed by atoms with Crippen LogP contribution in [0.15, 0.2) is 62.9 Å². The van der Waals surface area contributed by atoms with E-state index in [4.69, 9.17) is 4.42 Å². The van der Waals surface area contributed by atoms with Gasteiger partial charge in [-0.1, -0.05) is 24.3 Å². The largest absolute Gasteiger partial charge is 0.416 e. The van der Waals surface area contributed by atoms with Crippen molar-refractivity contribution in [1.82, 2.24) is 20.8 Å². The molecule has 0 fully saturated rings. The maximum atomic E-state index is 5.87. The van der Waals surface area contributed by atoms with Gasteiger partial charge in [0.2, 0.25) is 11.8 Å². The highest BCUT2D eigenvalue weighted by atomic mass is 16.4. The molecule has 0 aliphatic carbocycles. The Hall–Kier alpha value is -3.48. The minimum atomic E-state index is 0.504. The van der Waals surface area contributed by atoms with Gasteiger partial charge in [0.15, 0.2) is 0 Å². The molecule has 0 radical (unpaired) electrons. The Kier molecular flexibility index (Phi) is 3.90. The second-order valence-corrected chi connectivity index (χ2v) is 6.38. The average molecular weight is 358 g/mol. The molecule has 134 valence electrons. The van der Waals surface area contributed by atoms with E-state index in [-0.39, 0.29) is 0 Å². The molecule has 2 aromatic carbocycles. The fourth-order valence-electron chi connectivity index (χ4n) is 3.18. The molecule has 2 aliphatic heterocycles. The van der Waals surface area contributed by atoms with Crippen LogP contribution in [0.5, 0.6) is 0 Å². The summed E-state index contributed by atoms with van der Waals surface area (Å²) < 4.78 is 5.87. The molecule has 3 aromatic rings. The van der Waals surface area contributed by atoms with E-state index >= 15 is 0 Å². The first-order valence-corrected chi connectivity index (χ1v) is 8.98. The van der Waals surface area contributed by atoms with Gasteiger partial charge in [0.05, 0.1) is 13.1 Å². The molecule has 0 saturated heterocycles. The molecule has 0 spiro atoms. The minimum Gasteiger partial charge on any atom is -0.416 e. The molecule has 5 rings (SSSR count). The normalized spacial score (nSPS) is 15.9. The van der Waals surface area contributed by atoms with E-state index in [0.29, 0.717) is 11.8 Å². The standard InChI is InChI=1S/C20H18N6O/c1-5-15(6-2-13(1)17-21-9-10-22-17)19-25-26-20(27-19)16-7-3-14(4-8-16)18-23-11-12-24-18/h1-8H,9-12H2,(H,21,22)(H,23,24). The van der Waals surface area contributed by atoms with Crippen molar-refractivity contribution >= 4 is 11.7 Å². The second kappa shape index (κ2) is 6.68. The van der Waals surface area contributed by atoms with Crippen molar-refractivity contribution in [3.05, 3.63) is 59.7 Å². The van der Waals surface area contributed by atoms with Gasteiger partial charge in [-0.25, -0.2) is 0 Å². The lowest BCUT2D eigenvalue weighted by atomic mass is 10.1. The van der Waals surface area contributed by atoms with Gasteiger partial charge in [-0.05, 0) is 24.3 Å². The molecule has 0 bridgehead atoms. The number of aromatic nitrogens is 2. The fraction of sp³-hybridized carbons (Fsp3) is 0.200. The SMILES string of the molecule is c1cc(-c2nnc(-c3ccc(C4=NCCN4)cc3)o2)ccc1C1=NCCN1. The summed E-state index contributed by atoms with van der Waals surface area (Å²) in [6.07, 6.45) is 0. The first-order valence-electron chi connectivity index (χ1n) is 8.98. The van der Waals surface area contributed by atoms with Gasteiger partial charge in [0.25, 0.3) is 0 Å². The first-order chi connectivity index (χ1) is 13.4. The Morgan fingerprint density at radius 1 is 0.593 bits per heavy atom. The molecule has 1 aromatic heterocycles. The number of nitrogens with one attached hydrogen (secondary N) is 2. The zero-order valence-corrected chi connectivity index (χ0v) is 14.6. The van der Waals surface area contributed by atoms with Gasteiger partial charge in [0.1, 0.15) is 11.7 Å². The monoisotopic (exact) mass is 358 g/mol. The summed E-state index contributed by atoms with van der Waals surface area (Å²) in [4.78, 5) is 8.86. The third-order valence-corrected chi connectivity index (χ3v) is 4.58. The maximum absolute atomic E-state index is 5.87. The number of rotatable bonds is 4. The summed E-state index contributed by atoms with van der Waals surface area (Å²) in [7, 11) is 0. The molecular formula is C20H18N6O. The summed E-state index contributed by atoms with van der Waals surface area (Å²) >= 11 is 0. The fourth-order valence-corrected chi connectivity index (χ4v) is 3.18. The molecule has 0 unspecified atom stereocenters. The number of hydrogen-bond donors (Lipinski definition) is 2. The van der Waals surface area contributed by atoms with Crippen molar-refractivity contribution in [3.63, 3.8) is 0 Å². The lowest BCUT2D eigenvalue weighted by Crippen LogP contribution is -2.19. The van der Waals surface area contributed by atoms with E-state index in [1.807, 2.05) is 48.5 Å². The second-order valence-electron chi connectivity index (χ2n) is 6.38. The van der Waals surface area contributed by atoms with Crippen LogP contribution in [-0.4, -0.2) is 48.0 Å². The van der Waals surface area contributed by atoms with Crippen molar-refractivity contribution in [2.45, 2.75) is 0 Å². The average Bonchev–Trinajstić information content (AvgIpc) is 3.51. The molecule has 0 amide bonds. The van der Waals surface area contributed by atoms with E-state index in [1.165, 1.54) is 0 Å². The van der Waals surface area contributed by atoms with Crippen LogP contribution in [0.3, 0.4) is 0 Å². The van der Waals surface area contributed by atoms with Crippen LogP contribution in [0.4, 0.5) is 0 Å². The van der Waals surface area contributed by atoms with Crippen molar-refractivity contribution in [2.75, 3.05) is 26.2 Å². The van der Waals surface area contributed by atoms with Gasteiger partial charge < -0.3 is 15.1 Å². The Labute approximate surface area is 156 Å². The maximum Gasteiger partial charge on any atom is 0.248 e. The summed E-state index contributed by atoms with van der Waals surface area (Å²) in [6, 6.07) is 16.0. The van der Waals surface area contributed by atoms with Gasteiger partial charge in [-0.15, -0.1) is 10.2 Å². The van der Waals surface area contributed by atoms with Gasteiger partial charge in [0, 0.05) is 35.3 Å². The van der Waals surface area contributed by atoms with Crippen molar-refractivity contribution in [1.29, 1.82) is 0 Å². The van der Waals surface area contributed by atoms with Gasteiger partial charge >= 0.3 is 0 Å². The first kappa shape index (κ1) is 15.7. The van der Waals surface area contributed by atoms with Crippen LogP contribution in [0.25, 0.3) is 22.9 Å². The molecule has 2 N–H and O–H groups in total. The summed E-state index contributed by atoms with van der Waals surface area (Å²) in [5.74, 6) is 2.89. The van der Waals surface area contributed by atoms with Gasteiger partial charge in [-0.2, -0.15) is 0 Å². The van der Waals surface area contributed by atoms with Crippen molar-refractivity contribution < 1.29 is 4.42 Å². The van der Waals surface area contributed by atoms with Crippen LogP contribution >= 0.6 is 0 Å². The van der Waals surface area contributed by atoms with E-state index in [1.54, 1.807) is 0 Å². The zero-order valence-electron chi connectivity index (χ0n) is 14.6. The Morgan fingerprint density at radius 3 is 1.37 bits per heavy atom. The zero-order chi connectivity index (χ0) is 18.1. The topological polar surface area (TPSA) is 87.7 Å². The summed E-state index contributed by atoms with van der Waals surface area (Å²) in [5, 5.41) is 14.9. The number of amidine groups is 2. The molecule has 2 aliphatic rings. The van der Waals surface area contributed by atoms with E-state index in [2.05, 4.69) is 30.8 Å². The molecule has 0 saturated carbocycles. The van der Waals surface area contributed by atoms with Crippen LogP contribution in [0.2, 0.25) is 0 Å². The molecule has 27 heavy (non-hydrogen) atoms. The van der Waals surface area contributed by atoms with E-state index in [9.17, 15) is 0 Å². The lowest BCUT2D eigenvalue weighted by Gasteiger charge is -2.03. The van der Waals surface area contributed by atoms with Crippen molar-refractivity contribution in [2.24, 2.45) is 9.98 Å².